The molecule has 1 aliphatic heterocycles. The van der Waals surface area contributed by atoms with E-state index >= 15 is 0 Å². The zero-order valence-corrected chi connectivity index (χ0v) is 13.0. The molecule has 0 aliphatic carbocycles. The molecule has 1 aliphatic rings. The number of amides is 1. The predicted molar refractivity (Wildman–Crippen MR) is 83.5 cm³/mol. The van der Waals surface area contributed by atoms with Crippen LogP contribution in [-0.4, -0.2) is 25.7 Å². The molecule has 1 amide bonds. The Balaban J connectivity index is 1.85. The zero-order chi connectivity index (χ0) is 17.1. The molecular weight excluding hydrogens is 344 g/mol. The zero-order valence-electron chi connectivity index (χ0n) is 12.2. The number of para-hydroxylation sites is 2. The summed E-state index contributed by atoms with van der Waals surface area (Å²) >= 11 is 6.09. The van der Waals surface area contributed by atoms with Gasteiger partial charge in [0.25, 0.3) is 5.91 Å². The molecule has 0 saturated carbocycles. The van der Waals surface area contributed by atoms with Gasteiger partial charge in [0.05, 0.1) is 10.7 Å². The predicted octanol–water partition coefficient (Wildman–Crippen LogP) is 3.96. The normalized spacial score (nSPS) is 12.8. The fourth-order valence-electron chi connectivity index (χ4n) is 2.21. The molecule has 0 fully saturated rings. The lowest BCUT2D eigenvalue weighted by Crippen LogP contribution is -2.18. The van der Waals surface area contributed by atoms with Crippen molar-refractivity contribution in [3.63, 3.8) is 0 Å². The maximum absolute atomic E-state index is 12.4. The molecule has 1 N–H and O–H groups in total. The number of ether oxygens (including phenoxy) is 3. The summed E-state index contributed by atoms with van der Waals surface area (Å²) in [6.45, 7) is -2.28. The van der Waals surface area contributed by atoms with Gasteiger partial charge >= 0.3 is 6.61 Å². The van der Waals surface area contributed by atoms with Gasteiger partial charge in [-0.1, -0.05) is 23.7 Å². The van der Waals surface area contributed by atoms with Crippen molar-refractivity contribution < 1.29 is 27.8 Å². The van der Waals surface area contributed by atoms with Gasteiger partial charge in [-0.3, -0.25) is 4.79 Å². The van der Waals surface area contributed by atoms with Crippen LogP contribution in [0.25, 0.3) is 0 Å². The van der Waals surface area contributed by atoms with Crippen LogP contribution in [0, 0.1) is 0 Å². The average Bonchev–Trinajstić information content (AvgIpc) is 2.56. The Morgan fingerprint density at radius 1 is 1.21 bits per heavy atom. The topological polar surface area (TPSA) is 56.8 Å². The Kier molecular flexibility index (Phi) is 4.71. The Morgan fingerprint density at radius 3 is 2.75 bits per heavy atom. The van der Waals surface area contributed by atoms with E-state index in [1.54, 1.807) is 6.07 Å². The number of carbonyl (C=O) groups excluding carboxylic acids is 1. The van der Waals surface area contributed by atoms with E-state index in [1.165, 1.54) is 30.3 Å². The van der Waals surface area contributed by atoms with Crippen molar-refractivity contribution in [2.24, 2.45) is 0 Å². The minimum Gasteiger partial charge on any atom is -0.486 e. The van der Waals surface area contributed by atoms with Crippen LogP contribution >= 0.6 is 11.6 Å². The van der Waals surface area contributed by atoms with Gasteiger partial charge in [0.1, 0.15) is 19.0 Å². The minimum absolute atomic E-state index is 0.119. The first-order valence-electron chi connectivity index (χ1n) is 6.99. The minimum atomic E-state index is -2.99. The van der Waals surface area contributed by atoms with E-state index in [1.807, 2.05) is 0 Å². The van der Waals surface area contributed by atoms with Gasteiger partial charge in [-0.25, -0.2) is 0 Å². The van der Waals surface area contributed by atoms with Crippen LogP contribution in [0.1, 0.15) is 10.4 Å². The van der Waals surface area contributed by atoms with E-state index < -0.39 is 12.5 Å². The fourth-order valence-corrected chi connectivity index (χ4v) is 2.47. The third-order valence-electron chi connectivity index (χ3n) is 3.21. The SMILES string of the molecule is O=C(Nc1ccccc1OC(F)F)c1cc(Cl)c2c(c1)OCCO2. The molecule has 24 heavy (non-hydrogen) atoms. The number of halogens is 3. The second-order valence-electron chi connectivity index (χ2n) is 4.81. The van der Waals surface area contributed by atoms with Crippen molar-refractivity contribution in [3.05, 3.63) is 47.0 Å². The summed E-state index contributed by atoms with van der Waals surface area (Å²) in [5.41, 5.74) is 0.324. The van der Waals surface area contributed by atoms with Crippen LogP contribution in [0.5, 0.6) is 17.2 Å². The summed E-state index contributed by atoms with van der Waals surface area (Å²) in [6, 6.07) is 8.79. The molecule has 2 aromatic carbocycles. The van der Waals surface area contributed by atoms with Gasteiger partial charge in [0, 0.05) is 5.56 Å². The standard InChI is InChI=1S/C16H12ClF2NO4/c17-10-7-9(8-13-14(10)23-6-5-22-13)15(21)20-11-3-1-2-4-12(11)24-16(18)19/h1-4,7-8,16H,5-6H2,(H,20,21). The molecule has 0 aromatic heterocycles. The summed E-state index contributed by atoms with van der Waals surface area (Å²) in [6.07, 6.45) is 0. The maximum atomic E-state index is 12.4. The summed E-state index contributed by atoms with van der Waals surface area (Å²) in [7, 11) is 0. The lowest BCUT2D eigenvalue weighted by molar-refractivity contribution is -0.0493. The molecule has 5 nitrogen and oxygen atoms in total. The van der Waals surface area contributed by atoms with Gasteiger partial charge in [-0.2, -0.15) is 8.78 Å². The molecule has 0 atom stereocenters. The highest BCUT2D eigenvalue weighted by Gasteiger charge is 2.20. The molecule has 0 radical (unpaired) electrons. The van der Waals surface area contributed by atoms with E-state index in [0.29, 0.717) is 24.7 Å². The van der Waals surface area contributed by atoms with Gasteiger partial charge in [0.2, 0.25) is 0 Å². The average molecular weight is 356 g/mol. The van der Waals surface area contributed by atoms with E-state index in [-0.39, 0.29) is 22.0 Å². The third kappa shape index (κ3) is 3.51. The number of rotatable bonds is 4. The van der Waals surface area contributed by atoms with Gasteiger partial charge in [-0.05, 0) is 24.3 Å². The van der Waals surface area contributed by atoms with Crippen LogP contribution in [0.15, 0.2) is 36.4 Å². The van der Waals surface area contributed by atoms with Crippen molar-refractivity contribution in [2.45, 2.75) is 6.61 Å². The van der Waals surface area contributed by atoms with Gasteiger partial charge in [-0.15, -0.1) is 0 Å². The molecule has 126 valence electrons. The molecule has 0 saturated heterocycles. The third-order valence-corrected chi connectivity index (χ3v) is 3.49. The highest BCUT2D eigenvalue weighted by Crippen LogP contribution is 2.38. The van der Waals surface area contributed by atoms with Crippen molar-refractivity contribution >= 4 is 23.2 Å². The number of benzene rings is 2. The number of nitrogens with one attached hydrogen (secondary N) is 1. The second-order valence-corrected chi connectivity index (χ2v) is 5.22. The fraction of sp³-hybridized carbons (Fsp3) is 0.188. The number of carbonyl (C=O) groups is 1. The Morgan fingerprint density at radius 2 is 1.96 bits per heavy atom. The molecule has 0 bridgehead atoms. The maximum Gasteiger partial charge on any atom is 0.387 e. The van der Waals surface area contributed by atoms with Crippen molar-refractivity contribution in [3.8, 4) is 17.2 Å². The Hall–Kier alpha value is -2.54. The summed E-state index contributed by atoms with van der Waals surface area (Å²) < 4.78 is 40.0. The first-order chi connectivity index (χ1) is 11.5. The van der Waals surface area contributed by atoms with Gasteiger partial charge < -0.3 is 19.5 Å². The van der Waals surface area contributed by atoms with Crippen LogP contribution < -0.4 is 19.5 Å². The number of hydrogen-bond donors (Lipinski definition) is 1. The van der Waals surface area contributed by atoms with Crippen LogP contribution in [0.2, 0.25) is 5.02 Å². The van der Waals surface area contributed by atoms with Crippen LogP contribution in [0.4, 0.5) is 14.5 Å². The molecule has 0 spiro atoms. The Bertz CT molecular complexity index is 770. The van der Waals surface area contributed by atoms with E-state index in [9.17, 15) is 13.6 Å². The molecule has 8 heteroatoms. The molecule has 3 rings (SSSR count). The van der Waals surface area contributed by atoms with E-state index in [4.69, 9.17) is 21.1 Å². The van der Waals surface area contributed by atoms with Crippen LogP contribution in [0.3, 0.4) is 0 Å². The highest BCUT2D eigenvalue weighted by atomic mass is 35.5. The monoisotopic (exact) mass is 355 g/mol. The molecule has 0 unspecified atom stereocenters. The summed E-state index contributed by atoms with van der Waals surface area (Å²) in [4.78, 5) is 12.4. The molecule has 2 aromatic rings. The number of fused-ring (bicyclic) bond motifs is 1. The summed E-state index contributed by atoms with van der Waals surface area (Å²) in [5.74, 6) is 0.0561. The van der Waals surface area contributed by atoms with E-state index in [2.05, 4.69) is 10.1 Å². The molecular formula is C16H12ClF2NO4. The number of hydrogen-bond acceptors (Lipinski definition) is 4. The number of anilines is 1. The first-order valence-corrected chi connectivity index (χ1v) is 7.36. The van der Waals surface area contributed by atoms with Crippen molar-refractivity contribution in [2.75, 3.05) is 18.5 Å². The van der Waals surface area contributed by atoms with Gasteiger partial charge in [0.15, 0.2) is 11.5 Å². The summed E-state index contributed by atoms with van der Waals surface area (Å²) in [5, 5.41) is 2.74. The largest absolute Gasteiger partial charge is 0.486 e. The second kappa shape index (κ2) is 6.92. The first kappa shape index (κ1) is 16.3. The lowest BCUT2D eigenvalue weighted by atomic mass is 10.1. The Labute approximate surface area is 141 Å². The van der Waals surface area contributed by atoms with Crippen LogP contribution in [-0.2, 0) is 0 Å². The smallest absolute Gasteiger partial charge is 0.387 e. The molecule has 1 heterocycles. The van der Waals surface area contributed by atoms with Crippen molar-refractivity contribution in [1.82, 2.24) is 0 Å². The number of alkyl halides is 2. The van der Waals surface area contributed by atoms with E-state index in [0.717, 1.165) is 0 Å². The van der Waals surface area contributed by atoms with Crippen molar-refractivity contribution in [1.29, 1.82) is 0 Å². The highest BCUT2D eigenvalue weighted by molar-refractivity contribution is 6.32. The lowest BCUT2D eigenvalue weighted by Gasteiger charge is -2.20. The quantitative estimate of drug-likeness (QED) is 0.901.